The summed E-state index contributed by atoms with van der Waals surface area (Å²) in [7, 11) is 0. The molecular formula is C9H6BrCl3Zr. The van der Waals surface area contributed by atoms with Crippen LogP contribution < -0.4 is 37.2 Å². The van der Waals surface area contributed by atoms with E-state index in [4.69, 9.17) is 0 Å². The summed E-state index contributed by atoms with van der Waals surface area (Å²) >= 11 is 5.12. The molecule has 0 radical (unpaired) electrons. The van der Waals surface area contributed by atoms with E-state index in [2.05, 4.69) is 46.3 Å². The normalized spacial score (nSPS) is 16.8. The van der Waals surface area contributed by atoms with Gasteiger partial charge in [0.05, 0.1) is 0 Å². The molecule has 0 nitrogen and oxygen atoms in total. The first-order valence-corrected chi connectivity index (χ1v) is 5.68. The molecular weight excluding hydrogens is 386 g/mol. The Hall–Kier alpha value is 1.19. The van der Waals surface area contributed by atoms with E-state index in [0.717, 1.165) is 0 Å². The molecule has 1 aromatic carbocycles. The van der Waals surface area contributed by atoms with E-state index >= 15 is 0 Å². The predicted octanol–water partition coefficient (Wildman–Crippen LogP) is -5.96. The van der Waals surface area contributed by atoms with Gasteiger partial charge in [-0.3, -0.25) is 0 Å². The standard InChI is InChI=1S/C9H6Br.3ClH.Zr/c10-9-6-5-7-3-1-2-4-8(7)9;;;;/h1-6H;3*1H;/q;;;;+3/p-3. The molecule has 5 heteroatoms. The molecule has 0 heterocycles. The summed E-state index contributed by atoms with van der Waals surface area (Å²) in [4.78, 5) is 0. The number of rotatable bonds is 0. The molecule has 0 saturated carbocycles. The second-order valence-electron chi connectivity index (χ2n) is 2.58. The van der Waals surface area contributed by atoms with Gasteiger partial charge in [-0.25, -0.2) is 0 Å². The molecule has 0 aliphatic heterocycles. The molecule has 0 spiro atoms. The minimum absolute atomic E-state index is 0. The first-order valence-electron chi connectivity index (χ1n) is 3.47. The summed E-state index contributed by atoms with van der Waals surface area (Å²) in [6.07, 6.45) is 2.28. The van der Waals surface area contributed by atoms with Crippen LogP contribution in [-0.2, 0) is 24.7 Å². The molecule has 1 aliphatic carbocycles. The maximum atomic E-state index is 3.55. The van der Waals surface area contributed by atoms with Crippen molar-refractivity contribution in [3.63, 3.8) is 0 Å². The summed E-state index contributed by atoms with van der Waals surface area (Å²) in [6.45, 7) is 0. The van der Waals surface area contributed by atoms with Gasteiger partial charge in [-0.2, -0.15) is 0 Å². The maximum absolute atomic E-state index is 3.55. The van der Waals surface area contributed by atoms with Crippen molar-refractivity contribution < 1.29 is 61.9 Å². The fourth-order valence-electron chi connectivity index (χ4n) is 1.31. The van der Waals surface area contributed by atoms with Gasteiger partial charge in [0.25, 0.3) is 0 Å². The minimum Gasteiger partial charge on any atom is -1.00 e. The second kappa shape index (κ2) is 7.46. The van der Waals surface area contributed by atoms with Crippen molar-refractivity contribution in [1.29, 1.82) is 0 Å². The van der Waals surface area contributed by atoms with Crippen LogP contribution in [0.4, 0.5) is 0 Å². The van der Waals surface area contributed by atoms with Crippen molar-refractivity contribution in [2.24, 2.45) is 0 Å². The van der Waals surface area contributed by atoms with E-state index in [1.807, 2.05) is 0 Å². The quantitative estimate of drug-likeness (QED) is 0.413. The van der Waals surface area contributed by atoms with Crippen molar-refractivity contribution >= 4 is 20.4 Å². The first kappa shape index (κ1) is 17.6. The van der Waals surface area contributed by atoms with Gasteiger partial charge in [-0.05, 0) is 0 Å². The van der Waals surface area contributed by atoms with E-state index in [0.29, 0.717) is 3.63 Å². The Morgan fingerprint density at radius 2 is 1.64 bits per heavy atom. The zero-order valence-electron chi connectivity index (χ0n) is 6.98. The van der Waals surface area contributed by atoms with Gasteiger partial charge < -0.3 is 37.2 Å². The minimum atomic E-state index is 0. The van der Waals surface area contributed by atoms with Gasteiger partial charge >= 0.3 is 90.2 Å². The third kappa shape index (κ3) is 3.35. The molecule has 0 fully saturated rings. The average Bonchev–Trinajstić information content (AvgIpc) is 2.30. The Morgan fingerprint density at radius 1 is 1.07 bits per heavy atom. The molecule has 0 saturated heterocycles. The number of benzene rings is 1. The van der Waals surface area contributed by atoms with Crippen LogP contribution in [0.15, 0.2) is 30.3 Å². The molecule has 1 unspecified atom stereocenters. The van der Waals surface area contributed by atoms with Crippen LogP contribution in [0.5, 0.6) is 0 Å². The fourth-order valence-corrected chi connectivity index (χ4v) is 3.57. The van der Waals surface area contributed by atoms with E-state index in [-0.39, 0.29) is 37.2 Å². The van der Waals surface area contributed by atoms with Crippen LogP contribution >= 0.6 is 15.9 Å². The first-order chi connectivity index (χ1) is 5.29. The van der Waals surface area contributed by atoms with Crippen molar-refractivity contribution in [3.8, 4) is 0 Å². The van der Waals surface area contributed by atoms with Crippen molar-refractivity contribution in [2.75, 3.05) is 0 Å². The van der Waals surface area contributed by atoms with Crippen molar-refractivity contribution in [1.82, 2.24) is 0 Å². The molecule has 1 aromatic rings. The molecule has 1 atom stereocenters. The molecule has 0 aromatic heterocycles. The summed E-state index contributed by atoms with van der Waals surface area (Å²) in [6, 6.07) is 8.57. The Bertz CT molecular complexity index is 328. The van der Waals surface area contributed by atoms with Gasteiger partial charge in [0.2, 0.25) is 0 Å². The van der Waals surface area contributed by atoms with Crippen LogP contribution in [-0.4, -0.2) is 0 Å². The van der Waals surface area contributed by atoms with E-state index in [1.165, 1.54) is 15.6 Å². The van der Waals surface area contributed by atoms with E-state index < -0.39 is 0 Å². The Balaban J connectivity index is 0. The molecule has 14 heavy (non-hydrogen) atoms. The smallest absolute Gasteiger partial charge is 1.00 e. The third-order valence-electron chi connectivity index (χ3n) is 1.87. The number of hydrogen-bond acceptors (Lipinski definition) is 0. The van der Waals surface area contributed by atoms with Gasteiger partial charge in [-0.1, -0.05) is 0 Å². The van der Waals surface area contributed by atoms with Gasteiger partial charge in [0.1, 0.15) is 0 Å². The van der Waals surface area contributed by atoms with E-state index in [1.54, 1.807) is 24.7 Å². The van der Waals surface area contributed by atoms with Crippen molar-refractivity contribution in [2.45, 2.75) is 3.63 Å². The predicted molar refractivity (Wildman–Crippen MR) is 46.1 cm³/mol. The second-order valence-corrected chi connectivity index (χ2v) is 4.96. The molecule has 0 amide bonds. The van der Waals surface area contributed by atoms with Crippen LogP contribution in [0.3, 0.4) is 0 Å². The SMILES string of the molecule is BrC1=C[CH]([Zr+3])c2ccccc21.[Cl-].[Cl-].[Cl-]. The van der Waals surface area contributed by atoms with E-state index in [9.17, 15) is 0 Å². The molecule has 0 N–H and O–H groups in total. The Labute approximate surface area is 126 Å². The number of halogens is 4. The molecule has 2 rings (SSSR count). The topological polar surface area (TPSA) is 0 Å². The maximum Gasteiger partial charge on any atom is -1.00 e. The number of fused-ring (bicyclic) bond motifs is 1. The van der Waals surface area contributed by atoms with Crippen LogP contribution in [0.1, 0.15) is 14.8 Å². The van der Waals surface area contributed by atoms with Crippen molar-refractivity contribution in [3.05, 3.63) is 41.5 Å². The average molecular weight is 392 g/mol. The Morgan fingerprint density at radius 3 is 2.21 bits per heavy atom. The summed E-state index contributed by atoms with van der Waals surface area (Å²) < 4.78 is 1.92. The molecule has 0 bridgehead atoms. The monoisotopic (exact) mass is 388 g/mol. The summed E-state index contributed by atoms with van der Waals surface area (Å²) in [5.41, 5.74) is 2.84. The number of hydrogen-bond donors (Lipinski definition) is 0. The zero-order chi connectivity index (χ0) is 7.84. The summed E-state index contributed by atoms with van der Waals surface area (Å²) in [5, 5.41) is 0. The van der Waals surface area contributed by atoms with Gasteiger partial charge in [0.15, 0.2) is 0 Å². The summed E-state index contributed by atoms with van der Waals surface area (Å²) in [5.74, 6) is 0. The van der Waals surface area contributed by atoms with Crippen LogP contribution in [0.2, 0.25) is 0 Å². The molecule has 74 valence electrons. The third-order valence-corrected chi connectivity index (χ3v) is 3.73. The van der Waals surface area contributed by atoms with Crippen LogP contribution in [0.25, 0.3) is 4.48 Å². The zero-order valence-corrected chi connectivity index (χ0v) is 13.3. The molecule has 1 aliphatic rings. The van der Waals surface area contributed by atoms with Gasteiger partial charge in [0, 0.05) is 0 Å². The largest absolute Gasteiger partial charge is 1.00 e. The Kier molecular flexibility index (Phi) is 9.37. The number of allylic oxidation sites excluding steroid dienone is 1. The van der Waals surface area contributed by atoms with Crippen LogP contribution in [0, 0.1) is 0 Å². The van der Waals surface area contributed by atoms with Gasteiger partial charge in [-0.15, -0.1) is 0 Å². The fraction of sp³-hybridized carbons (Fsp3) is 0.111.